The molecule has 1 heterocycles. The third-order valence-electron chi connectivity index (χ3n) is 1.58. The zero-order valence-corrected chi connectivity index (χ0v) is 9.92. The number of hydrogen-bond donors (Lipinski definition) is 0. The molecule has 0 spiro atoms. The molecule has 1 aromatic rings. The number of ether oxygens (including phenoxy) is 1. The highest BCUT2D eigenvalue weighted by atomic mass is 127. The van der Waals surface area contributed by atoms with Gasteiger partial charge in [-0.1, -0.05) is 0 Å². The first-order chi connectivity index (χ1) is 7.76. The molecule has 1 aromatic heterocycles. The van der Waals surface area contributed by atoms with Crippen LogP contribution < -0.4 is 4.74 Å². The second kappa shape index (κ2) is 5.10. The minimum atomic E-state index is -5.13. The van der Waals surface area contributed by atoms with Crippen molar-refractivity contribution in [2.45, 2.75) is 12.8 Å². The number of hydrogen-bond acceptors (Lipinski definition) is 3. The zero-order valence-electron chi connectivity index (χ0n) is 7.76. The summed E-state index contributed by atoms with van der Waals surface area (Å²) in [6.07, 6.45) is -7.40. The van der Waals surface area contributed by atoms with E-state index in [0.717, 1.165) is 6.20 Å². The van der Waals surface area contributed by atoms with Crippen LogP contribution in [0.1, 0.15) is 22.5 Å². The number of carbonyl (C=O) groups is 1. The van der Waals surface area contributed by atoms with Crippen molar-refractivity contribution in [3.05, 3.63) is 21.0 Å². The Balaban J connectivity index is 3.35. The maximum atomic E-state index is 12.4. The maximum Gasteiger partial charge on any atom is 0.573 e. The number of aromatic nitrogens is 1. The van der Waals surface area contributed by atoms with Gasteiger partial charge in [-0.2, -0.15) is 0 Å². The van der Waals surface area contributed by atoms with Crippen LogP contribution in [0.3, 0.4) is 0 Å². The van der Waals surface area contributed by atoms with Crippen molar-refractivity contribution in [2.24, 2.45) is 0 Å². The van der Waals surface area contributed by atoms with Gasteiger partial charge in [-0.25, -0.2) is 8.78 Å². The number of alkyl halides is 5. The number of halogens is 6. The Labute approximate surface area is 105 Å². The lowest BCUT2D eigenvalue weighted by molar-refractivity contribution is -0.275. The van der Waals surface area contributed by atoms with Crippen molar-refractivity contribution in [1.82, 2.24) is 4.98 Å². The number of nitrogens with zero attached hydrogens (tertiary/aromatic N) is 1. The van der Waals surface area contributed by atoms with Crippen LogP contribution >= 0.6 is 22.6 Å². The molecule has 3 nitrogen and oxygen atoms in total. The lowest BCUT2D eigenvalue weighted by atomic mass is 10.2. The monoisotopic (exact) mass is 367 g/mol. The lowest BCUT2D eigenvalue weighted by Crippen LogP contribution is -2.20. The lowest BCUT2D eigenvalue weighted by Gasteiger charge is -2.14. The normalized spacial score (nSPS) is 11.7. The fourth-order valence-electron chi connectivity index (χ4n) is 0.948. The molecule has 0 fully saturated rings. The average Bonchev–Trinajstić information content (AvgIpc) is 2.18. The summed E-state index contributed by atoms with van der Waals surface area (Å²) >= 11 is 1.31. The summed E-state index contributed by atoms with van der Waals surface area (Å²) in [4.78, 5) is 13.5. The molecule has 0 N–H and O–H groups in total. The van der Waals surface area contributed by atoms with Gasteiger partial charge in [0.2, 0.25) is 0 Å². The standard InChI is InChI=1S/C8H3F5INO2/c9-7(10)5-6(17-8(11,12)13)4(14)3(2-16)1-15-5/h1-2,7H. The second-order valence-electron chi connectivity index (χ2n) is 2.71. The van der Waals surface area contributed by atoms with Crippen molar-refractivity contribution in [1.29, 1.82) is 0 Å². The largest absolute Gasteiger partial charge is 0.573 e. The van der Waals surface area contributed by atoms with E-state index in [-0.39, 0.29) is 15.4 Å². The van der Waals surface area contributed by atoms with Crippen LogP contribution in [0.4, 0.5) is 22.0 Å². The van der Waals surface area contributed by atoms with Crippen molar-refractivity contribution in [3.63, 3.8) is 0 Å². The number of carbonyl (C=O) groups excluding carboxylic acids is 1. The van der Waals surface area contributed by atoms with Gasteiger partial charge in [0, 0.05) is 11.8 Å². The highest BCUT2D eigenvalue weighted by molar-refractivity contribution is 14.1. The van der Waals surface area contributed by atoms with Crippen LogP contribution in [0.25, 0.3) is 0 Å². The first kappa shape index (κ1) is 14.1. The Bertz CT molecular complexity index is 435. The zero-order chi connectivity index (χ0) is 13.2. The van der Waals surface area contributed by atoms with Gasteiger partial charge in [-0.3, -0.25) is 9.78 Å². The molecular formula is C8H3F5INO2. The molecule has 0 amide bonds. The highest BCUT2D eigenvalue weighted by Crippen LogP contribution is 2.36. The Kier molecular flexibility index (Phi) is 4.22. The minimum absolute atomic E-state index is 0.202. The minimum Gasteiger partial charge on any atom is -0.402 e. The Morgan fingerprint density at radius 1 is 1.41 bits per heavy atom. The fraction of sp³-hybridized carbons (Fsp3) is 0.250. The predicted octanol–water partition coefficient (Wildman–Crippen LogP) is 3.33. The van der Waals surface area contributed by atoms with Gasteiger partial charge in [-0.15, -0.1) is 13.2 Å². The maximum absolute atomic E-state index is 12.4. The quantitative estimate of drug-likeness (QED) is 0.468. The van der Waals surface area contributed by atoms with Gasteiger partial charge in [0.25, 0.3) is 6.43 Å². The van der Waals surface area contributed by atoms with Crippen LogP contribution in [0, 0.1) is 3.57 Å². The summed E-state index contributed by atoms with van der Waals surface area (Å²) < 4.78 is 64.0. The molecule has 0 bridgehead atoms. The highest BCUT2D eigenvalue weighted by Gasteiger charge is 2.35. The molecule has 0 radical (unpaired) electrons. The van der Waals surface area contributed by atoms with E-state index in [1.54, 1.807) is 0 Å². The molecule has 0 aliphatic carbocycles. The Morgan fingerprint density at radius 2 is 2.00 bits per heavy atom. The first-order valence-electron chi connectivity index (χ1n) is 3.93. The SMILES string of the molecule is O=Cc1cnc(C(F)F)c(OC(F)(F)F)c1I. The Morgan fingerprint density at radius 3 is 2.41 bits per heavy atom. The summed E-state index contributed by atoms with van der Waals surface area (Å²) in [7, 11) is 0. The summed E-state index contributed by atoms with van der Waals surface area (Å²) in [6.45, 7) is 0. The summed E-state index contributed by atoms with van der Waals surface area (Å²) in [6, 6.07) is 0. The molecular weight excluding hydrogens is 364 g/mol. The molecule has 94 valence electrons. The van der Waals surface area contributed by atoms with E-state index in [1.165, 1.54) is 22.6 Å². The molecule has 0 saturated carbocycles. The van der Waals surface area contributed by atoms with Crippen LogP contribution in [-0.2, 0) is 0 Å². The molecule has 0 unspecified atom stereocenters. The topological polar surface area (TPSA) is 39.2 Å². The van der Waals surface area contributed by atoms with E-state index in [4.69, 9.17) is 0 Å². The van der Waals surface area contributed by atoms with E-state index in [0.29, 0.717) is 0 Å². The van der Waals surface area contributed by atoms with Gasteiger partial charge >= 0.3 is 6.36 Å². The van der Waals surface area contributed by atoms with Gasteiger partial charge in [-0.05, 0) is 22.6 Å². The molecule has 0 aromatic carbocycles. The van der Waals surface area contributed by atoms with Crippen molar-refractivity contribution >= 4 is 28.9 Å². The molecule has 0 saturated heterocycles. The van der Waals surface area contributed by atoms with Crippen LogP contribution in [-0.4, -0.2) is 17.6 Å². The molecule has 17 heavy (non-hydrogen) atoms. The van der Waals surface area contributed by atoms with E-state index in [9.17, 15) is 26.7 Å². The fourth-order valence-corrected chi connectivity index (χ4v) is 1.60. The first-order valence-corrected chi connectivity index (χ1v) is 5.01. The van der Waals surface area contributed by atoms with Crippen LogP contribution in [0.2, 0.25) is 0 Å². The second-order valence-corrected chi connectivity index (χ2v) is 3.79. The number of aldehydes is 1. The predicted molar refractivity (Wildman–Crippen MR) is 54.0 cm³/mol. The van der Waals surface area contributed by atoms with Crippen LogP contribution in [0.5, 0.6) is 5.75 Å². The van der Waals surface area contributed by atoms with E-state index >= 15 is 0 Å². The third kappa shape index (κ3) is 3.48. The van der Waals surface area contributed by atoms with Gasteiger partial charge in [0.15, 0.2) is 12.0 Å². The Hall–Kier alpha value is -1.00. The van der Waals surface area contributed by atoms with Crippen molar-refractivity contribution in [2.75, 3.05) is 0 Å². The van der Waals surface area contributed by atoms with E-state index < -0.39 is 24.2 Å². The molecule has 1 rings (SSSR count). The molecule has 0 atom stereocenters. The van der Waals surface area contributed by atoms with Crippen molar-refractivity contribution < 1.29 is 31.5 Å². The molecule has 0 aliphatic heterocycles. The van der Waals surface area contributed by atoms with E-state index in [1.807, 2.05) is 0 Å². The number of pyridine rings is 1. The average molecular weight is 367 g/mol. The van der Waals surface area contributed by atoms with Gasteiger partial charge in [0.05, 0.1) is 3.57 Å². The third-order valence-corrected chi connectivity index (χ3v) is 2.69. The number of rotatable bonds is 3. The molecule has 0 aliphatic rings. The molecule has 9 heteroatoms. The van der Waals surface area contributed by atoms with Gasteiger partial charge < -0.3 is 4.74 Å². The van der Waals surface area contributed by atoms with E-state index in [2.05, 4.69) is 9.72 Å². The summed E-state index contributed by atoms with van der Waals surface area (Å²) in [5.74, 6) is -1.14. The smallest absolute Gasteiger partial charge is 0.402 e. The van der Waals surface area contributed by atoms with Crippen LogP contribution in [0.15, 0.2) is 6.20 Å². The van der Waals surface area contributed by atoms with Crippen molar-refractivity contribution in [3.8, 4) is 5.75 Å². The summed E-state index contributed by atoms with van der Waals surface area (Å²) in [5.41, 5.74) is -1.41. The van der Waals surface area contributed by atoms with Gasteiger partial charge in [0.1, 0.15) is 5.69 Å². The summed E-state index contributed by atoms with van der Waals surface area (Å²) in [5, 5.41) is 0.